The van der Waals surface area contributed by atoms with E-state index in [0.717, 1.165) is 24.3 Å². The number of nitrogens with one attached hydrogen (secondary N) is 1. The molecule has 0 spiro atoms. The van der Waals surface area contributed by atoms with E-state index in [1.165, 1.54) is 5.56 Å². The molecule has 1 unspecified atom stereocenters. The van der Waals surface area contributed by atoms with Gasteiger partial charge in [0.2, 0.25) is 0 Å². The molecule has 0 fully saturated rings. The van der Waals surface area contributed by atoms with E-state index in [-0.39, 0.29) is 0 Å². The van der Waals surface area contributed by atoms with Gasteiger partial charge in [-0.2, -0.15) is 5.10 Å². The molecule has 4 nitrogen and oxygen atoms in total. The van der Waals surface area contributed by atoms with E-state index >= 15 is 0 Å². The molecule has 0 aliphatic carbocycles. The van der Waals surface area contributed by atoms with Crippen molar-refractivity contribution >= 4 is 11.6 Å². The van der Waals surface area contributed by atoms with E-state index in [4.69, 9.17) is 11.6 Å². The molecule has 0 aliphatic heterocycles. The molecule has 5 heteroatoms. The van der Waals surface area contributed by atoms with E-state index in [0.29, 0.717) is 11.2 Å². The zero-order chi connectivity index (χ0) is 14.0. The van der Waals surface area contributed by atoms with Crippen LogP contribution in [0.1, 0.15) is 36.7 Å². The Labute approximate surface area is 119 Å². The van der Waals surface area contributed by atoms with Gasteiger partial charge in [0.15, 0.2) is 0 Å². The maximum Gasteiger partial charge on any atom is 0.131 e. The molecule has 2 aromatic heterocycles. The quantitative estimate of drug-likeness (QED) is 0.914. The second kappa shape index (κ2) is 5.80. The molecular formula is C14H21ClN4. The maximum absolute atomic E-state index is 6.26. The highest BCUT2D eigenvalue weighted by Crippen LogP contribution is 2.21. The third-order valence-corrected chi connectivity index (χ3v) is 3.87. The van der Waals surface area contributed by atoms with Crippen LogP contribution in [0.5, 0.6) is 0 Å². The van der Waals surface area contributed by atoms with Crippen molar-refractivity contribution in [1.29, 1.82) is 0 Å². The Bertz CT molecular complexity index is 556. The number of aromatic nitrogens is 3. The molecular weight excluding hydrogens is 260 g/mol. The molecule has 0 saturated carbocycles. The van der Waals surface area contributed by atoms with Crippen molar-refractivity contribution in [3.8, 4) is 0 Å². The molecule has 0 bridgehead atoms. The van der Waals surface area contributed by atoms with Gasteiger partial charge in [0.25, 0.3) is 0 Å². The van der Waals surface area contributed by atoms with Crippen molar-refractivity contribution in [3.05, 3.63) is 40.4 Å². The van der Waals surface area contributed by atoms with Crippen LogP contribution in [0.3, 0.4) is 0 Å². The van der Waals surface area contributed by atoms with Gasteiger partial charge in [0.05, 0.1) is 12.2 Å². The summed E-state index contributed by atoms with van der Waals surface area (Å²) in [6.07, 6.45) is 4.25. The Morgan fingerprint density at radius 2 is 2.21 bits per heavy atom. The average molecular weight is 281 g/mol. The second-order valence-corrected chi connectivity index (χ2v) is 5.23. The fraction of sp³-hybridized carbons (Fsp3) is 0.500. The zero-order valence-corrected chi connectivity index (χ0v) is 12.7. The molecule has 19 heavy (non-hydrogen) atoms. The van der Waals surface area contributed by atoms with Crippen LogP contribution in [-0.4, -0.2) is 20.9 Å². The first-order valence-corrected chi connectivity index (χ1v) is 6.97. The summed E-state index contributed by atoms with van der Waals surface area (Å²) in [4.78, 5) is 0. The molecule has 104 valence electrons. The van der Waals surface area contributed by atoms with Gasteiger partial charge in [0.1, 0.15) is 5.15 Å². The minimum atomic E-state index is 0.372. The van der Waals surface area contributed by atoms with E-state index in [1.54, 1.807) is 4.68 Å². The number of hydrogen-bond acceptors (Lipinski definition) is 2. The number of rotatable bonds is 5. The van der Waals surface area contributed by atoms with Gasteiger partial charge >= 0.3 is 0 Å². The molecule has 0 radical (unpaired) electrons. The van der Waals surface area contributed by atoms with Crippen molar-refractivity contribution in [1.82, 2.24) is 19.7 Å². The summed E-state index contributed by atoms with van der Waals surface area (Å²) in [6.45, 7) is 8.02. The lowest BCUT2D eigenvalue weighted by molar-refractivity contribution is 0.596. The number of aryl methyl sites for hydroxylation is 2. The monoisotopic (exact) mass is 280 g/mol. The lowest BCUT2D eigenvalue weighted by Crippen LogP contribution is -2.17. The predicted molar refractivity (Wildman–Crippen MR) is 78.6 cm³/mol. The van der Waals surface area contributed by atoms with Crippen molar-refractivity contribution in [2.45, 2.75) is 33.4 Å². The summed E-state index contributed by atoms with van der Waals surface area (Å²) in [6, 6.07) is 2.52. The fourth-order valence-corrected chi connectivity index (χ4v) is 2.51. The predicted octanol–water partition coefficient (Wildman–Crippen LogP) is 2.90. The topological polar surface area (TPSA) is 34.8 Å². The lowest BCUT2D eigenvalue weighted by Gasteiger charge is -2.10. The van der Waals surface area contributed by atoms with E-state index in [1.807, 2.05) is 14.0 Å². The normalized spacial score (nSPS) is 12.9. The van der Waals surface area contributed by atoms with Gasteiger partial charge in [-0.25, -0.2) is 0 Å². The van der Waals surface area contributed by atoms with Crippen molar-refractivity contribution in [2.75, 3.05) is 6.54 Å². The van der Waals surface area contributed by atoms with Crippen LogP contribution < -0.4 is 5.32 Å². The third-order valence-electron chi connectivity index (χ3n) is 3.39. The Morgan fingerprint density at radius 3 is 2.79 bits per heavy atom. The Morgan fingerprint density at radius 1 is 1.47 bits per heavy atom. The number of nitrogens with zero attached hydrogens (tertiary/aromatic N) is 3. The minimum absolute atomic E-state index is 0.372. The first kappa shape index (κ1) is 14.2. The summed E-state index contributed by atoms with van der Waals surface area (Å²) in [5.74, 6) is 0. The van der Waals surface area contributed by atoms with Crippen molar-refractivity contribution < 1.29 is 0 Å². The Kier molecular flexibility index (Phi) is 4.32. The summed E-state index contributed by atoms with van der Waals surface area (Å²) in [5, 5.41) is 8.46. The van der Waals surface area contributed by atoms with E-state index < -0.39 is 0 Å². The number of halogens is 1. The highest BCUT2D eigenvalue weighted by atomic mass is 35.5. The molecule has 0 aliphatic rings. The van der Waals surface area contributed by atoms with Crippen LogP contribution in [0.4, 0.5) is 0 Å². The highest BCUT2D eigenvalue weighted by molar-refractivity contribution is 6.30. The Balaban J connectivity index is 2.16. The lowest BCUT2D eigenvalue weighted by atomic mass is 10.2. The van der Waals surface area contributed by atoms with Crippen LogP contribution >= 0.6 is 11.6 Å². The molecule has 0 aromatic carbocycles. The summed E-state index contributed by atoms with van der Waals surface area (Å²) >= 11 is 6.26. The van der Waals surface area contributed by atoms with Gasteiger partial charge in [0, 0.05) is 31.0 Å². The van der Waals surface area contributed by atoms with Gasteiger partial charge in [-0.1, -0.05) is 18.5 Å². The maximum atomic E-state index is 6.26. The van der Waals surface area contributed by atoms with Crippen LogP contribution in [0.25, 0.3) is 0 Å². The van der Waals surface area contributed by atoms with Crippen LogP contribution in [0, 0.1) is 6.92 Å². The van der Waals surface area contributed by atoms with E-state index in [9.17, 15) is 0 Å². The van der Waals surface area contributed by atoms with Crippen LogP contribution in [0.2, 0.25) is 5.15 Å². The second-order valence-electron chi connectivity index (χ2n) is 4.87. The molecule has 2 aromatic rings. The molecule has 2 rings (SSSR count). The van der Waals surface area contributed by atoms with Gasteiger partial charge in [-0.05, 0) is 32.0 Å². The van der Waals surface area contributed by atoms with Crippen LogP contribution in [0.15, 0.2) is 18.5 Å². The number of hydrogen-bond donors (Lipinski definition) is 1. The van der Waals surface area contributed by atoms with Crippen LogP contribution in [-0.2, 0) is 13.6 Å². The van der Waals surface area contributed by atoms with E-state index in [2.05, 4.69) is 47.3 Å². The van der Waals surface area contributed by atoms with Gasteiger partial charge in [-0.3, -0.25) is 4.68 Å². The third kappa shape index (κ3) is 3.01. The summed E-state index contributed by atoms with van der Waals surface area (Å²) < 4.78 is 3.87. The molecule has 1 atom stereocenters. The standard InChI is InChI=1S/C14H21ClN4/c1-5-16-10(2)12-6-7-19(8-12)9-13-11(3)17-18(4)14(13)15/h6-8,10,16H,5,9H2,1-4H3. The van der Waals surface area contributed by atoms with Crippen molar-refractivity contribution in [2.24, 2.45) is 7.05 Å². The summed E-state index contributed by atoms with van der Waals surface area (Å²) in [7, 11) is 1.87. The SMILES string of the molecule is CCNC(C)c1ccn(Cc2c(C)nn(C)c2Cl)c1. The first-order chi connectivity index (χ1) is 9.02. The molecule has 1 N–H and O–H groups in total. The van der Waals surface area contributed by atoms with Gasteiger partial charge in [-0.15, -0.1) is 0 Å². The largest absolute Gasteiger partial charge is 0.349 e. The average Bonchev–Trinajstić information content (AvgIpc) is 2.91. The minimum Gasteiger partial charge on any atom is -0.349 e. The summed E-state index contributed by atoms with van der Waals surface area (Å²) in [5.41, 5.74) is 3.37. The highest BCUT2D eigenvalue weighted by Gasteiger charge is 2.12. The van der Waals surface area contributed by atoms with Crippen molar-refractivity contribution in [3.63, 3.8) is 0 Å². The van der Waals surface area contributed by atoms with Gasteiger partial charge < -0.3 is 9.88 Å². The zero-order valence-electron chi connectivity index (χ0n) is 11.9. The first-order valence-electron chi connectivity index (χ1n) is 6.60. The molecule has 0 amide bonds. The molecule has 0 saturated heterocycles. The smallest absolute Gasteiger partial charge is 0.131 e. The molecule has 2 heterocycles. The fourth-order valence-electron chi connectivity index (χ4n) is 2.27. The Hall–Kier alpha value is -1.26.